The first-order valence-electron chi connectivity index (χ1n) is 9.05. The molecule has 1 fully saturated rings. The van der Waals surface area contributed by atoms with Crippen molar-refractivity contribution >= 4 is 23.2 Å². The van der Waals surface area contributed by atoms with E-state index in [0.717, 1.165) is 10.9 Å². The highest BCUT2D eigenvalue weighted by Crippen LogP contribution is 2.46. The SMILES string of the molecule is CC(Sc1nncn1C1CC1)C(=O)/C=C1/N(C)c2ccccc2C1(C)C. The maximum Gasteiger partial charge on any atom is 0.191 e. The molecule has 1 unspecified atom stereocenters. The number of allylic oxidation sites excluding steroid dienone is 2. The van der Waals surface area contributed by atoms with Gasteiger partial charge in [0.1, 0.15) is 6.33 Å². The van der Waals surface area contributed by atoms with Gasteiger partial charge in [-0.15, -0.1) is 10.2 Å². The Bertz CT molecular complexity index is 881. The van der Waals surface area contributed by atoms with Gasteiger partial charge in [-0.3, -0.25) is 4.79 Å². The van der Waals surface area contributed by atoms with E-state index in [0.29, 0.717) is 6.04 Å². The lowest BCUT2D eigenvalue weighted by Gasteiger charge is -2.24. The molecule has 1 atom stereocenters. The molecule has 5 nitrogen and oxygen atoms in total. The lowest BCUT2D eigenvalue weighted by molar-refractivity contribution is -0.114. The van der Waals surface area contributed by atoms with E-state index in [9.17, 15) is 4.79 Å². The van der Waals surface area contributed by atoms with Crippen LogP contribution in [0.2, 0.25) is 0 Å². The minimum absolute atomic E-state index is 0.114. The molecule has 0 amide bonds. The Labute approximate surface area is 158 Å². The fourth-order valence-corrected chi connectivity index (χ4v) is 4.56. The molecule has 1 saturated carbocycles. The normalized spacial score (nSPS) is 21.1. The Morgan fingerprint density at radius 1 is 1.35 bits per heavy atom. The number of ketones is 1. The molecule has 1 aromatic carbocycles. The first kappa shape index (κ1) is 17.3. The molecule has 0 bridgehead atoms. The van der Waals surface area contributed by atoms with Gasteiger partial charge in [-0.05, 0) is 31.4 Å². The van der Waals surface area contributed by atoms with Gasteiger partial charge in [0.2, 0.25) is 0 Å². The molecule has 0 spiro atoms. The predicted molar refractivity (Wildman–Crippen MR) is 105 cm³/mol. The zero-order chi connectivity index (χ0) is 18.5. The smallest absolute Gasteiger partial charge is 0.191 e. The van der Waals surface area contributed by atoms with Crippen LogP contribution >= 0.6 is 11.8 Å². The molecule has 136 valence electrons. The van der Waals surface area contributed by atoms with E-state index >= 15 is 0 Å². The van der Waals surface area contributed by atoms with Gasteiger partial charge in [0.25, 0.3) is 0 Å². The number of rotatable bonds is 5. The minimum Gasteiger partial charge on any atom is -0.347 e. The molecule has 1 aliphatic carbocycles. The number of anilines is 1. The third kappa shape index (κ3) is 2.86. The average molecular weight is 369 g/mol. The lowest BCUT2D eigenvalue weighted by atomic mass is 9.83. The number of carbonyl (C=O) groups is 1. The van der Waals surface area contributed by atoms with Crippen molar-refractivity contribution in [3.05, 3.63) is 47.9 Å². The predicted octanol–water partition coefficient (Wildman–Crippen LogP) is 3.97. The Kier molecular flexibility index (Phi) is 4.18. The Balaban J connectivity index is 1.56. The number of carbonyl (C=O) groups excluding carboxylic acids is 1. The lowest BCUT2D eigenvalue weighted by Crippen LogP contribution is -2.25. The van der Waals surface area contributed by atoms with E-state index in [1.54, 1.807) is 6.33 Å². The van der Waals surface area contributed by atoms with Crippen molar-refractivity contribution in [2.75, 3.05) is 11.9 Å². The molecule has 1 aliphatic heterocycles. The third-order valence-electron chi connectivity index (χ3n) is 5.38. The summed E-state index contributed by atoms with van der Waals surface area (Å²) >= 11 is 1.50. The zero-order valence-electron chi connectivity index (χ0n) is 15.6. The van der Waals surface area contributed by atoms with Crippen molar-refractivity contribution in [2.24, 2.45) is 0 Å². The summed E-state index contributed by atoms with van der Waals surface area (Å²) < 4.78 is 2.10. The van der Waals surface area contributed by atoms with Gasteiger partial charge in [-0.2, -0.15) is 0 Å². The van der Waals surface area contributed by atoms with Crippen molar-refractivity contribution in [3.63, 3.8) is 0 Å². The average Bonchev–Trinajstić information content (AvgIpc) is 3.33. The number of thioether (sulfide) groups is 1. The number of benzene rings is 1. The molecule has 0 radical (unpaired) electrons. The van der Waals surface area contributed by atoms with Crippen LogP contribution in [0.4, 0.5) is 5.69 Å². The highest BCUT2D eigenvalue weighted by atomic mass is 32.2. The number of aromatic nitrogens is 3. The van der Waals surface area contributed by atoms with Crippen LogP contribution in [-0.2, 0) is 10.2 Å². The van der Waals surface area contributed by atoms with Crippen LogP contribution in [0.25, 0.3) is 0 Å². The second-order valence-corrected chi connectivity index (χ2v) is 8.95. The molecule has 6 heteroatoms. The summed E-state index contributed by atoms with van der Waals surface area (Å²) in [4.78, 5) is 15.1. The number of hydrogen-bond donors (Lipinski definition) is 0. The minimum atomic E-state index is -0.197. The largest absolute Gasteiger partial charge is 0.347 e. The van der Waals surface area contributed by atoms with Gasteiger partial charge in [0, 0.05) is 36.0 Å². The van der Waals surface area contributed by atoms with Crippen LogP contribution in [-0.4, -0.2) is 32.8 Å². The van der Waals surface area contributed by atoms with Gasteiger partial charge in [-0.1, -0.05) is 43.8 Å². The fourth-order valence-electron chi connectivity index (χ4n) is 3.65. The quantitative estimate of drug-likeness (QED) is 0.590. The monoisotopic (exact) mass is 368 g/mol. The van der Waals surface area contributed by atoms with Gasteiger partial charge in [0.15, 0.2) is 10.9 Å². The number of fused-ring (bicyclic) bond motifs is 1. The van der Waals surface area contributed by atoms with E-state index in [1.165, 1.54) is 35.9 Å². The highest BCUT2D eigenvalue weighted by molar-refractivity contribution is 8.00. The number of likely N-dealkylation sites (N-methyl/N-ethyl adjacent to an activating group) is 1. The Hall–Kier alpha value is -2.08. The van der Waals surface area contributed by atoms with Crippen LogP contribution in [0, 0.1) is 0 Å². The van der Waals surface area contributed by atoms with Crippen LogP contribution in [0.5, 0.6) is 0 Å². The summed E-state index contributed by atoms with van der Waals surface area (Å²) in [7, 11) is 2.04. The van der Waals surface area contributed by atoms with Crippen molar-refractivity contribution in [1.82, 2.24) is 14.8 Å². The van der Waals surface area contributed by atoms with Gasteiger partial charge in [-0.25, -0.2) is 0 Å². The van der Waals surface area contributed by atoms with Crippen LogP contribution in [0.1, 0.15) is 45.2 Å². The maximum atomic E-state index is 12.9. The topological polar surface area (TPSA) is 51.0 Å². The van der Waals surface area contributed by atoms with Crippen molar-refractivity contribution in [2.45, 2.75) is 55.5 Å². The summed E-state index contributed by atoms with van der Waals surface area (Å²) in [5.74, 6) is 0.114. The van der Waals surface area contributed by atoms with Crippen molar-refractivity contribution in [1.29, 1.82) is 0 Å². The molecule has 1 aromatic heterocycles. The second kappa shape index (κ2) is 6.27. The Morgan fingerprint density at radius 3 is 2.77 bits per heavy atom. The van der Waals surface area contributed by atoms with E-state index in [2.05, 4.69) is 51.7 Å². The Morgan fingerprint density at radius 2 is 2.08 bits per heavy atom. The highest BCUT2D eigenvalue weighted by Gasteiger charge is 2.39. The summed E-state index contributed by atoms with van der Waals surface area (Å²) in [6, 6.07) is 8.87. The van der Waals surface area contributed by atoms with Crippen LogP contribution in [0.3, 0.4) is 0 Å². The van der Waals surface area contributed by atoms with E-state index in [-0.39, 0.29) is 16.4 Å². The summed E-state index contributed by atoms with van der Waals surface area (Å²) in [6.45, 7) is 6.30. The maximum absolute atomic E-state index is 12.9. The molecular formula is C20H24N4OS. The van der Waals surface area contributed by atoms with Gasteiger partial charge >= 0.3 is 0 Å². The molecule has 2 aromatic rings. The molecule has 2 heterocycles. The molecule has 0 saturated heterocycles. The molecular weight excluding hydrogens is 344 g/mol. The van der Waals surface area contributed by atoms with Crippen molar-refractivity contribution < 1.29 is 4.79 Å². The molecule has 4 rings (SSSR count). The summed E-state index contributed by atoms with van der Waals surface area (Å²) in [5, 5.41) is 8.86. The van der Waals surface area contributed by atoms with E-state index in [4.69, 9.17) is 0 Å². The number of para-hydroxylation sites is 1. The standard InChI is InChI=1S/C20H24N4OS/c1-13(26-19-22-21-12-24(19)14-9-10-14)17(25)11-18-20(2,3)15-7-5-6-8-16(15)23(18)4/h5-8,11-14H,9-10H2,1-4H3/b18-11+. The zero-order valence-corrected chi connectivity index (χ0v) is 16.5. The van der Waals surface area contributed by atoms with Crippen molar-refractivity contribution in [3.8, 4) is 0 Å². The number of hydrogen-bond acceptors (Lipinski definition) is 5. The third-order valence-corrected chi connectivity index (χ3v) is 6.47. The molecule has 26 heavy (non-hydrogen) atoms. The summed E-state index contributed by atoms with van der Waals surface area (Å²) in [6.07, 6.45) is 5.94. The van der Waals surface area contributed by atoms with E-state index < -0.39 is 0 Å². The summed E-state index contributed by atoms with van der Waals surface area (Å²) in [5.41, 5.74) is 3.29. The second-order valence-electron chi connectivity index (χ2n) is 7.65. The van der Waals surface area contributed by atoms with Crippen LogP contribution in [0.15, 0.2) is 47.5 Å². The molecule has 2 aliphatic rings. The van der Waals surface area contributed by atoms with Crippen LogP contribution < -0.4 is 4.90 Å². The van der Waals surface area contributed by atoms with Gasteiger partial charge < -0.3 is 9.47 Å². The number of nitrogens with zero attached hydrogens (tertiary/aromatic N) is 4. The first-order valence-corrected chi connectivity index (χ1v) is 9.93. The molecule has 0 N–H and O–H groups in total. The van der Waals surface area contributed by atoms with Gasteiger partial charge in [0.05, 0.1) is 5.25 Å². The fraction of sp³-hybridized carbons (Fsp3) is 0.450. The van der Waals surface area contributed by atoms with E-state index in [1.807, 2.05) is 26.1 Å². The first-order chi connectivity index (χ1) is 12.4.